The van der Waals surface area contributed by atoms with Crippen LogP contribution in [-0.2, 0) is 4.79 Å². The molecule has 2 aliphatic carbocycles. The lowest BCUT2D eigenvalue weighted by Crippen LogP contribution is -2.49. The molecular formula is C31H33N7O. The molecule has 1 aromatic carbocycles. The summed E-state index contributed by atoms with van der Waals surface area (Å²) in [7, 11) is 0. The van der Waals surface area contributed by atoms with Crippen molar-refractivity contribution in [2.24, 2.45) is 21.5 Å². The summed E-state index contributed by atoms with van der Waals surface area (Å²) >= 11 is 0. The zero-order valence-electron chi connectivity index (χ0n) is 22.4. The molecule has 39 heavy (non-hydrogen) atoms. The van der Waals surface area contributed by atoms with Crippen molar-refractivity contribution in [1.82, 2.24) is 14.5 Å². The Bertz CT molecular complexity index is 1560. The molecule has 0 radical (unpaired) electrons. The molecule has 3 aromatic rings. The summed E-state index contributed by atoms with van der Waals surface area (Å²) in [6.45, 7) is 3.47. The first kappa shape index (κ1) is 24.1. The Kier molecular flexibility index (Phi) is 5.76. The van der Waals surface area contributed by atoms with E-state index in [9.17, 15) is 10.1 Å². The Morgan fingerprint density at radius 2 is 1.92 bits per heavy atom. The van der Waals surface area contributed by atoms with Crippen LogP contribution in [0.15, 0.2) is 52.8 Å². The maximum atomic E-state index is 11.7. The molecule has 1 N–H and O–H groups in total. The number of fused-ring (bicyclic) bond motifs is 1. The molecule has 4 aliphatic rings. The summed E-state index contributed by atoms with van der Waals surface area (Å²) in [5.74, 6) is 0.708. The first-order chi connectivity index (χ1) is 19.0. The highest BCUT2D eigenvalue weighted by Crippen LogP contribution is 2.53. The normalized spacial score (nSPS) is 20.8. The van der Waals surface area contributed by atoms with Gasteiger partial charge in [0, 0.05) is 60.9 Å². The van der Waals surface area contributed by atoms with Gasteiger partial charge in [0.25, 0.3) is 0 Å². The Hall–Kier alpha value is -3.99. The lowest BCUT2D eigenvalue weighted by molar-refractivity contribution is -0.132. The van der Waals surface area contributed by atoms with Gasteiger partial charge in [-0.2, -0.15) is 20.6 Å². The Balaban J connectivity index is 1.09. The number of piperidine rings is 1. The van der Waals surface area contributed by atoms with Gasteiger partial charge in [-0.15, -0.1) is 0 Å². The molecule has 1 amide bonds. The maximum Gasteiger partial charge on any atom is 0.219 e. The fourth-order valence-corrected chi connectivity index (χ4v) is 6.79. The van der Waals surface area contributed by atoms with Crippen LogP contribution < -0.4 is 5.32 Å². The molecule has 2 aliphatic heterocycles. The van der Waals surface area contributed by atoms with Gasteiger partial charge in [-0.05, 0) is 74.6 Å². The van der Waals surface area contributed by atoms with Crippen LogP contribution in [0.2, 0.25) is 0 Å². The zero-order chi connectivity index (χ0) is 26.6. The zero-order valence-corrected chi connectivity index (χ0v) is 22.4. The highest BCUT2D eigenvalue weighted by atomic mass is 16.2. The number of hydrogen-bond donors (Lipinski definition) is 1. The van der Waals surface area contributed by atoms with Crippen molar-refractivity contribution in [2.75, 3.05) is 18.4 Å². The number of nitrogens with one attached hydrogen (secondary N) is 1. The summed E-state index contributed by atoms with van der Waals surface area (Å²) in [4.78, 5) is 13.7. The summed E-state index contributed by atoms with van der Waals surface area (Å²) in [5, 5.41) is 26.9. The molecule has 198 valence electrons. The number of rotatable bonds is 5. The van der Waals surface area contributed by atoms with Crippen molar-refractivity contribution in [3.05, 3.63) is 53.7 Å². The van der Waals surface area contributed by atoms with Gasteiger partial charge in [0.1, 0.15) is 6.07 Å². The number of anilines is 1. The molecule has 8 heteroatoms. The van der Waals surface area contributed by atoms with Gasteiger partial charge in [-0.1, -0.05) is 12.1 Å². The van der Waals surface area contributed by atoms with Gasteiger partial charge in [0.15, 0.2) is 0 Å². The fraction of sp³-hybridized carbons (Fsp3) is 0.452. The van der Waals surface area contributed by atoms with E-state index in [0.29, 0.717) is 22.9 Å². The number of carbonyl (C=O) groups excluding carboxylic acids is 1. The second kappa shape index (κ2) is 9.33. The average Bonchev–Trinajstić information content (AvgIpc) is 3.56. The Labute approximate surface area is 228 Å². The van der Waals surface area contributed by atoms with E-state index in [0.717, 1.165) is 66.1 Å². The number of carbonyl (C=O) groups is 1. The topological polar surface area (TPSA) is 98.1 Å². The average molecular weight is 520 g/mol. The third-order valence-electron chi connectivity index (χ3n) is 9.47. The third-order valence-corrected chi connectivity index (χ3v) is 9.47. The van der Waals surface area contributed by atoms with Gasteiger partial charge < -0.3 is 10.2 Å². The summed E-state index contributed by atoms with van der Waals surface area (Å²) < 4.78 is 1.89. The van der Waals surface area contributed by atoms with E-state index in [1.807, 2.05) is 21.5 Å². The predicted octanol–water partition coefficient (Wildman–Crippen LogP) is 5.42. The Morgan fingerprint density at radius 1 is 1.10 bits per heavy atom. The summed E-state index contributed by atoms with van der Waals surface area (Å²) in [6, 6.07) is 15.1. The second-order valence-electron chi connectivity index (χ2n) is 11.9. The van der Waals surface area contributed by atoms with E-state index >= 15 is 0 Å². The van der Waals surface area contributed by atoms with E-state index in [-0.39, 0.29) is 5.91 Å². The number of nitriles is 1. The van der Waals surface area contributed by atoms with Crippen LogP contribution in [0.5, 0.6) is 0 Å². The molecule has 1 spiro atoms. The molecule has 0 bridgehead atoms. The molecule has 0 unspecified atom stereocenters. The number of benzene rings is 1. The lowest BCUT2D eigenvalue weighted by Gasteiger charge is -2.52. The first-order valence-electron chi connectivity index (χ1n) is 14.2. The number of nitrogens with zero attached hydrogens (tertiary/aromatic N) is 6. The smallest absolute Gasteiger partial charge is 0.219 e. The van der Waals surface area contributed by atoms with Crippen LogP contribution in [0.25, 0.3) is 16.8 Å². The van der Waals surface area contributed by atoms with Crippen LogP contribution in [0.3, 0.4) is 0 Å². The predicted molar refractivity (Wildman–Crippen MR) is 152 cm³/mol. The highest BCUT2D eigenvalue weighted by Gasteiger charge is 2.48. The molecule has 2 saturated carbocycles. The molecule has 7 rings (SSSR count). The minimum atomic E-state index is 0.200. The van der Waals surface area contributed by atoms with Crippen LogP contribution in [0.1, 0.15) is 69.4 Å². The van der Waals surface area contributed by atoms with E-state index in [4.69, 9.17) is 10.2 Å². The maximum absolute atomic E-state index is 11.7. The second-order valence-corrected chi connectivity index (χ2v) is 11.9. The van der Waals surface area contributed by atoms with Crippen LogP contribution in [-0.4, -0.2) is 51.0 Å². The fourth-order valence-electron chi connectivity index (χ4n) is 6.79. The van der Waals surface area contributed by atoms with Crippen LogP contribution in [0.4, 0.5) is 5.69 Å². The van der Waals surface area contributed by atoms with Crippen molar-refractivity contribution >= 4 is 28.5 Å². The van der Waals surface area contributed by atoms with Crippen LogP contribution >= 0.6 is 0 Å². The van der Waals surface area contributed by atoms with Crippen LogP contribution in [0, 0.1) is 22.7 Å². The standard InChI is InChI=1S/C31H33N7O/c1-20(39)37-11-9-31(10-12-37)16-23(17-31)27-15-29(36-35-27)26-7-5-22(14-28(26)34-24-3-2-4-24)30-8-6-25-13-21(18-32)19-33-38(25)30/h5-8,13-14,19,23-24,34H,2-4,9-12,15-17H2,1H3. The van der Waals surface area contributed by atoms with E-state index < -0.39 is 0 Å². The van der Waals surface area contributed by atoms with Gasteiger partial charge in [-0.25, -0.2) is 4.52 Å². The molecule has 3 fully saturated rings. The van der Waals surface area contributed by atoms with E-state index in [2.05, 4.69) is 40.8 Å². The minimum Gasteiger partial charge on any atom is -0.382 e. The molecule has 0 atom stereocenters. The number of aromatic nitrogens is 2. The Morgan fingerprint density at radius 3 is 2.64 bits per heavy atom. The van der Waals surface area contributed by atoms with Gasteiger partial charge in [0.2, 0.25) is 5.91 Å². The molecule has 1 saturated heterocycles. The quantitative estimate of drug-likeness (QED) is 0.486. The van der Waals surface area contributed by atoms with Crippen molar-refractivity contribution in [2.45, 2.75) is 64.3 Å². The van der Waals surface area contributed by atoms with Crippen molar-refractivity contribution in [1.29, 1.82) is 5.26 Å². The molecule has 4 heterocycles. The SMILES string of the molecule is CC(=O)N1CCC2(CC1)CC(C1=NN=C(c3ccc(-c4ccc5cc(C#N)cnn45)cc3NC3CCC3)C1)C2. The highest BCUT2D eigenvalue weighted by molar-refractivity contribution is 6.18. The number of likely N-dealkylation sites (tertiary alicyclic amines) is 1. The van der Waals surface area contributed by atoms with Gasteiger partial charge >= 0.3 is 0 Å². The third kappa shape index (κ3) is 4.30. The van der Waals surface area contributed by atoms with Crippen molar-refractivity contribution in [3.8, 4) is 17.3 Å². The van der Waals surface area contributed by atoms with E-state index in [1.54, 1.807) is 13.1 Å². The van der Waals surface area contributed by atoms with Gasteiger partial charge in [0.05, 0.1) is 28.7 Å². The molecule has 2 aromatic heterocycles. The molecular weight excluding hydrogens is 486 g/mol. The largest absolute Gasteiger partial charge is 0.382 e. The lowest BCUT2D eigenvalue weighted by atomic mass is 9.56. The monoisotopic (exact) mass is 519 g/mol. The van der Waals surface area contributed by atoms with E-state index in [1.165, 1.54) is 37.8 Å². The summed E-state index contributed by atoms with van der Waals surface area (Å²) in [5.41, 5.74) is 8.44. The number of amides is 1. The van der Waals surface area contributed by atoms with Gasteiger partial charge in [-0.3, -0.25) is 4.79 Å². The minimum absolute atomic E-state index is 0.200. The van der Waals surface area contributed by atoms with Crippen molar-refractivity contribution < 1.29 is 4.79 Å². The molecule has 8 nitrogen and oxygen atoms in total. The first-order valence-corrected chi connectivity index (χ1v) is 14.2. The number of hydrogen-bond acceptors (Lipinski definition) is 6. The van der Waals surface area contributed by atoms with Crippen molar-refractivity contribution in [3.63, 3.8) is 0 Å². The summed E-state index contributed by atoms with van der Waals surface area (Å²) in [6.07, 6.45) is 10.6.